The lowest BCUT2D eigenvalue weighted by Gasteiger charge is -2.09. The zero-order valence-corrected chi connectivity index (χ0v) is 10.8. The summed E-state index contributed by atoms with van der Waals surface area (Å²) in [5, 5.41) is 4.92. The second-order valence-corrected chi connectivity index (χ2v) is 4.81. The Morgan fingerprint density at radius 3 is 2.94 bits per heavy atom. The summed E-state index contributed by atoms with van der Waals surface area (Å²) in [4.78, 5) is 11.6. The fraction of sp³-hybridized carbons (Fsp3) is 0.538. The molecule has 0 saturated heterocycles. The molecule has 2 rings (SSSR count). The summed E-state index contributed by atoms with van der Waals surface area (Å²) in [5.74, 6) is 0.206. The largest absolute Gasteiger partial charge is 0.295 e. The van der Waals surface area contributed by atoms with E-state index in [4.69, 9.17) is 11.6 Å². The Morgan fingerprint density at radius 2 is 2.18 bits per heavy atom. The van der Waals surface area contributed by atoms with Crippen LogP contribution in [0.5, 0.6) is 0 Å². The Bertz CT molecular complexity index is 448. The monoisotopic (exact) mass is 252 g/mol. The van der Waals surface area contributed by atoms with Gasteiger partial charge in [0.25, 0.3) is 0 Å². The first-order chi connectivity index (χ1) is 8.22. The zero-order chi connectivity index (χ0) is 12.3. The van der Waals surface area contributed by atoms with E-state index in [2.05, 4.69) is 12.0 Å². The van der Waals surface area contributed by atoms with E-state index in [9.17, 15) is 4.79 Å². The number of halogens is 1. The predicted octanol–water partition coefficient (Wildman–Crippen LogP) is 3.47. The van der Waals surface area contributed by atoms with E-state index in [1.807, 2.05) is 4.68 Å². The number of carbonyl (C=O) groups excluding carboxylic acids is 1. The molecule has 1 aromatic rings. The Morgan fingerprint density at radius 1 is 1.41 bits per heavy atom. The summed E-state index contributed by atoms with van der Waals surface area (Å²) in [6.07, 6.45) is 8.02. The first-order valence-electron chi connectivity index (χ1n) is 6.17. The fourth-order valence-corrected chi connectivity index (χ4v) is 2.47. The van der Waals surface area contributed by atoms with E-state index in [-0.39, 0.29) is 5.78 Å². The van der Waals surface area contributed by atoms with E-state index < -0.39 is 0 Å². The minimum atomic E-state index is 0.206. The molecule has 1 aromatic heterocycles. The van der Waals surface area contributed by atoms with Crippen LogP contribution in [0.4, 0.5) is 0 Å². The van der Waals surface area contributed by atoms with Gasteiger partial charge in [-0.15, -0.1) is 0 Å². The van der Waals surface area contributed by atoms with Gasteiger partial charge in [0, 0.05) is 13.0 Å². The summed E-state index contributed by atoms with van der Waals surface area (Å²) in [5.41, 5.74) is 1.98. The van der Waals surface area contributed by atoms with Crippen molar-refractivity contribution in [2.45, 2.75) is 45.6 Å². The molecule has 0 radical (unpaired) electrons. The molecular weight excluding hydrogens is 236 g/mol. The van der Waals surface area contributed by atoms with Gasteiger partial charge in [-0.05, 0) is 37.3 Å². The second-order valence-electron chi connectivity index (χ2n) is 4.41. The zero-order valence-electron chi connectivity index (χ0n) is 10.1. The number of rotatable bonds is 3. The van der Waals surface area contributed by atoms with E-state index >= 15 is 0 Å². The molecule has 0 N–H and O–H groups in total. The van der Waals surface area contributed by atoms with Gasteiger partial charge in [-0.2, -0.15) is 5.10 Å². The lowest BCUT2D eigenvalue weighted by atomic mass is 10.1. The number of ketones is 1. The van der Waals surface area contributed by atoms with Crippen molar-refractivity contribution in [3.63, 3.8) is 0 Å². The molecule has 0 aromatic carbocycles. The van der Waals surface area contributed by atoms with Gasteiger partial charge in [0.05, 0.1) is 16.9 Å². The minimum Gasteiger partial charge on any atom is -0.295 e. The average Bonchev–Trinajstić information content (AvgIpc) is 2.52. The molecule has 92 valence electrons. The smallest absolute Gasteiger partial charge is 0.156 e. The third kappa shape index (κ3) is 2.78. The fourth-order valence-electron chi connectivity index (χ4n) is 2.20. The standard InChI is InChI=1S/C13H17ClN2O/c1-2-7-16-13(12(14)9-15-16)10-5-3-4-6-11(17)8-10/h8-9H,2-7H2,1H3. The van der Waals surface area contributed by atoms with Gasteiger partial charge in [-0.25, -0.2) is 0 Å². The van der Waals surface area contributed by atoms with Crippen LogP contribution in [-0.2, 0) is 11.3 Å². The molecule has 0 spiro atoms. The van der Waals surface area contributed by atoms with Crippen molar-refractivity contribution in [3.05, 3.63) is 23.0 Å². The van der Waals surface area contributed by atoms with Crippen molar-refractivity contribution in [2.75, 3.05) is 0 Å². The molecule has 0 atom stereocenters. The third-order valence-electron chi connectivity index (χ3n) is 2.99. The summed E-state index contributed by atoms with van der Waals surface area (Å²) in [7, 11) is 0. The lowest BCUT2D eigenvalue weighted by Crippen LogP contribution is -2.04. The topological polar surface area (TPSA) is 34.9 Å². The first kappa shape index (κ1) is 12.4. The van der Waals surface area contributed by atoms with Crippen LogP contribution < -0.4 is 0 Å². The number of hydrogen-bond donors (Lipinski definition) is 0. The highest BCUT2D eigenvalue weighted by Gasteiger charge is 2.17. The maximum Gasteiger partial charge on any atom is 0.156 e. The predicted molar refractivity (Wildman–Crippen MR) is 69.0 cm³/mol. The van der Waals surface area contributed by atoms with Crippen LogP contribution in [0.1, 0.15) is 44.7 Å². The van der Waals surface area contributed by atoms with Gasteiger partial charge in [0.2, 0.25) is 0 Å². The van der Waals surface area contributed by atoms with Crippen LogP contribution in [0.2, 0.25) is 5.02 Å². The van der Waals surface area contributed by atoms with Gasteiger partial charge in [0.1, 0.15) is 0 Å². The molecule has 4 heteroatoms. The summed E-state index contributed by atoms with van der Waals surface area (Å²) < 4.78 is 1.91. The SMILES string of the molecule is CCCn1ncc(Cl)c1C1=CC(=O)CCCC1. The highest BCUT2D eigenvalue weighted by atomic mass is 35.5. The van der Waals surface area contributed by atoms with Crippen molar-refractivity contribution >= 4 is 23.0 Å². The van der Waals surface area contributed by atoms with Crippen molar-refractivity contribution in [2.24, 2.45) is 0 Å². The average molecular weight is 253 g/mol. The molecule has 0 amide bonds. The molecule has 1 heterocycles. The lowest BCUT2D eigenvalue weighted by molar-refractivity contribution is -0.114. The molecule has 3 nitrogen and oxygen atoms in total. The molecule has 0 aliphatic heterocycles. The molecule has 0 saturated carbocycles. The van der Waals surface area contributed by atoms with E-state index in [0.717, 1.165) is 43.5 Å². The summed E-state index contributed by atoms with van der Waals surface area (Å²) in [6, 6.07) is 0. The molecule has 1 aliphatic carbocycles. The van der Waals surface area contributed by atoms with Crippen molar-refractivity contribution in [1.29, 1.82) is 0 Å². The van der Waals surface area contributed by atoms with Gasteiger partial charge >= 0.3 is 0 Å². The van der Waals surface area contributed by atoms with E-state index in [1.54, 1.807) is 12.3 Å². The normalized spacial score (nSPS) is 16.8. The molecule has 0 bridgehead atoms. The Hall–Kier alpha value is -1.09. The maximum absolute atomic E-state index is 11.6. The molecule has 0 fully saturated rings. The highest BCUT2D eigenvalue weighted by molar-refractivity contribution is 6.32. The van der Waals surface area contributed by atoms with Crippen LogP contribution in [-0.4, -0.2) is 15.6 Å². The molecular formula is C13H17ClN2O. The molecule has 17 heavy (non-hydrogen) atoms. The van der Waals surface area contributed by atoms with Gasteiger partial charge in [-0.3, -0.25) is 9.48 Å². The number of aryl methyl sites for hydroxylation is 1. The number of allylic oxidation sites excluding steroid dienone is 2. The van der Waals surface area contributed by atoms with Gasteiger partial charge in [-0.1, -0.05) is 18.5 Å². The second kappa shape index (κ2) is 5.50. The van der Waals surface area contributed by atoms with Crippen molar-refractivity contribution in [1.82, 2.24) is 9.78 Å². The number of hydrogen-bond acceptors (Lipinski definition) is 2. The van der Waals surface area contributed by atoms with Gasteiger partial charge in [0.15, 0.2) is 5.78 Å². The third-order valence-corrected chi connectivity index (χ3v) is 3.27. The van der Waals surface area contributed by atoms with Gasteiger partial charge < -0.3 is 0 Å². The van der Waals surface area contributed by atoms with Crippen LogP contribution in [0.3, 0.4) is 0 Å². The molecule has 1 aliphatic rings. The van der Waals surface area contributed by atoms with Crippen molar-refractivity contribution < 1.29 is 4.79 Å². The minimum absolute atomic E-state index is 0.206. The van der Waals surface area contributed by atoms with Crippen LogP contribution in [0.15, 0.2) is 12.3 Å². The maximum atomic E-state index is 11.6. The Labute approximate surface area is 106 Å². The first-order valence-corrected chi connectivity index (χ1v) is 6.55. The Kier molecular flexibility index (Phi) is 4.00. The van der Waals surface area contributed by atoms with Crippen LogP contribution in [0, 0.1) is 0 Å². The number of aromatic nitrogens is 2. The summed E-state index contributed by atoms with van der Waals surface area (Å²) in [6.45, 7) is 2.94. The summed E-state index contributed by atoms with van der Waals surface area (Å²) >= 11 is 6.18. The van der Waals surface area contributed by atoms with E-state index in [1.165, 1.54) is 0 Å². The quantitative estimate of drug-likeness (QED) is 0.826. The number of nitrogens with zero attached hydrogens (tertiary/aromatic N) is 2. The van der Waals surface area contributed by atoms with E-state index in [0.29, 0.717) is 11.4 Å². The molecule has 0 unspecified atom stereocenters. The number of carbonyl (C=O) groups is 1. The van der Waals surface area contributed by atoms with Crippen LogP contribution >= 0.6 is 11.6 Å². The highest BCUT2D eigenvalue weighted by Crippen LogP contribution is 2.30. The van der Waals surface area contributed by atoms with Crippen LogP contribution in [0.25, 0.3) is 5.57 Å². The van der Waals surface area contributed by atoms with Crippen molar-refractivity contribution in [3.8, 4) is 0 Å². The Balaban J connectivity index is 2.37.